The second kappa shape index (κ2) is 9.25. The van der Waals surface area contributed by atoms with Gasteiger partial charge in [-0.15, -0.1) is 0 Å². The highest BCUT2D eigenvalue weighted by Crippen LogP contribution is 2.26. The molecule has 0 aliphatic rings. The van der Waals surface area contributed by atoms with E-state index in [4.69, 9.17) is 4.74 Å². The first kappa shape index (κ1) is 21.3. The van der Waals surface area contributed by atoms with E-state index in [1.54, 1.807) is 50.2 Å². The average molecular weight is 394 g/mol. The minimum Gasteiger partial charge on any atom is -0.482 e. The van der Waals surface area contributed by atoms with Gasteiger partial charge in [0.2, 0.25) is 5.91 Å². The van der Waals surface area contributed by atoms with Crippen molar-refractivity contribution in [3.8, 4) is 5.75 Å². The number of alkyl halides is 3. The SMILES string of the molecule is CC(C)[C@@H](NC(=O)c1ccccc1)C(=O)Nc1ccccc1OCC(F)(F)F. The van der Waals surface area contributed by atoms with Crippen LogP contribution in [-0.2, 0) is 4.79 Å². The summed E-state index contributed by atoms with van der Waals surface area (Å²) in [5.74, 6) is -1.33. The summed E-state index contributed by atoms with van der Waals surface area (Å²) in [5, 5.41) is 5.20. The first-order valence-electron chi connectivity index (χ1n) is 8.62. The molecule has 2 amide bonds. The van der Waals surface area contributed by atoms with Crippen LogP contribution < -0.4 is 15.4 Å². The molecule has 0 spiro atoms. The van der Waals surface area contributed by atoms with Gasteiger partial charge in [0.15, 0.2) is 6.61 Å². The van der Waals surface area contributed by atoms with Crippen LogP contribution in [0.1, 0.15) is 24.2 Å². The van der Waals surface area contributed by atoms with Crippen LogP contribution in [0.4, 0.5) is 18.9 Å². The third-order valence-electron chi connectivity index (χ3n) is 3.81. The smallest absolute Gasteiger partial charge is 0.422 e. The standard InChI is InChI=1S/C20H21F3N2O3/c1-13(2)17(25-18(26)14-8-4-3-5-9-14)19(27)24-15-10-6-7-11-16(15)28-12-20(21,22)23/h3-11,13,17H,12H2,1-2H3,(H,24,27)(H,25,26)/t17-/m1/s1. The molecule has 0 saturated heterocycles. The molecule has 1 atom stereocenters. The maximum atomic E-state index is 12.7. The number of hydrogen-bond donors (Lipinski definition) is 2. The lowest BCUT2D eigenvalue weighted by molar-refractivity contribution is -0.153. The first-order valence-corrected chi connectivity index (χ1v) is 8.62. The van der Waals surface area contributed by atoms with Crippen molar-refractivity contribution in [2.24, 2.45) is 5.92 Å². The molecular weight excluding hydrogens is 373 g/mol. The van der Waals surface area contributed by atoms with Crippen LogP contribution in [0.2, 0.25) is 0 Å². The largest absolute Gasteiger partial charge is 0.482 e. The van der Waals surface area contributed by atoms with Gasteiger partial charge in [-0.25, -0.2) is 0 Å². The highest BCUT2D eigenvalue weighted by atomic mass is 19.4. The maximum Gasteiger partial charge on any atom is 0.422 e. The molecule has 0 aliphatic carbocycles. The van der Waals surface area contributed by atoms with Gasteiger partial charge in [0.1, 0.15) is 11.8 Å². The number of amides is 2. The second-order valence-electron chi connectivity index (χ2n) is 6.45. The third kappa shape index (κ3) is 6.29. The highest BCUT2D eigenvalue weighted by molar-refractivity contribution is 6.01. The lowest BCUT2D eigenvalue weighted by Gasteiger charge is -2.22. The van der Waals surface area contributed by atoms with Gasteiger partial charge < -0.3 is 15.4 Å². The lowest BCUT2D eigenvalue weighted by atomic mass is 10.0. The van der Waals surface area contributed by atoms with E-state index in [1.807, 2.05) is 0 Å². The summed E-state index contributed by atoms with van der Waals surface area (Å²) in [6, 6.07) is 13.3. The Balaban J connectivity index is 2.11. The summed E-state index contributed by atoms with van der Waals surface area (Å²) in [6.07, 6.45) is -4.50. The normalized spacial score (nSPS) is 12.4. The molecular formula is C20H21F3N2O3. The zero-order valence-corrected chi connectivity index (χ0v) is 15.4. The Kier molecular flexibility index (Phi) is 7.03. The first-order chi connectivity index (χ1) is 13.2. The predicted octanol–water partition coefficient (Wildman–Crippen LogP) is 4.02. The maximum absolute atomic E-state index is 12.7. The molecule has 0 unspecified atom stereocenters. The van der Waals surface area contributed by atoms with Crippen molar-refractivity contribution in [1.82, 2.24) is 5.32 Å². The van der Waals surface area contributed by atoms with E-state index in [0.29, 0.717) is 5.56 Å². The van der Waals surface area contributed by atoms with Crippen LogP contribution in [0.25, 0.3) is 0 Å². The van der Waals surface area contributed by atoms with Crippen LogP contribution >= 0.6 is 0 Å². The van der Waals surface area contributed by atoms with Gasteiger partial charge in [-0.1, -0.05) is 44.2 Å². The molecule has 2 rings (SSSR count). The summed E-state index contributed by atoms with van der Waals surface area (Å²) in [5.41, 5.74) is 0.492. The van der Waals surface area contributed by atoms with Crippen molar-refractivity contribution < 1.29 is 27.5 Å². The highest BCUT2D eigenvalue weighted by Gasteiger charge is 2.29. The van der Waals surface area contributed by atoms with Crippen molar-refractivity contribution in [3.63, 3.8) is 0 Å². The molecule has 0 bridgehead atoms. The van der Waals surface area contributed by atoms with Crippen molar-refractivity contribution in [1.29, 1.82) is 0 Å². The summed E-state index contributed by atoms with van der Waals surface area (Å²) < 4.78 is 42.0. The van der Waals surface area contributed by atoms with Crippen molar-refractivity contribution in [2.75, 3.05) is 11.9 Å². The summed E-state index contributed by atoms with van der Waals surface area (Å²) in [7, 11) is 0. The van der Waals surface area contributed by atoms with Crippen molar-refractivity contribution in [3.05, 3.63) is 60.2 Å². The number of rotatable bonds is 7. The Morgan fingerprint density at radius 2 is 1.61 bits per heavy atom. The van der Waals surface area contributed by atoms with Crippen LogP contribution in [-0.4, -0.2) is 30.6 Å². The van der Waals surface area contributed by atoms with Gasteiger partial charge in [-0.2, -0.15) is 13.2 Å². The number of nitrogens with one attached hydrogen (secondary N) is 2. The van der Waals surface area contributed by atoms with Crippen LogP contribution in [0.3, 0.4) is 0 Å². The van der Waals surface area contributed by atoms with E-state index in [-0.39, 0.29) is 17.4 Å². The number of halogens is 3. The van der Waals surface area contributed by atoms with Gasteiger partial charge >= 0.3 is 6.18 Å². The Hall–Kier alpha value is -3.03. The summed E-state index contributed by atoms with van der Waals surface area (Å²) >= 11 is 0. The van der Waals surface area contributed by atoms with Gasteiger partial charge in [0.05, 0.1) is 5.69 Å². The molecule has 0 aromatic heterocycles. The molecule has 0 fully saturated rings. The Labute approximate surface area is 160 Å². The van der Waals surface area contributed by atoms with Crippen LogP contribution in [0.15, 0.2) is 54.6 Å². The number of para-hydroxylation sites is 2. The molecule has 150 valence electrons. The lowest BCUT2D eigenvalue weighted by Crippen LogP contribution is -2.47. The molecule has 2 aromatic rings. The minimum atomic E-state index is -4.50. The summed E-state index contributed by atoms with van der Waals surface area (Å²) in [6.45, 7) is 2.03. The molecule has 5 nitrogen and oxygen atoms in total. The van der Waals surface area contributed by atoms with E-state index in [9.17, 15) is 22.8 Å². The molecule has 8 heteroatoms. The second-order valence-corrected chi connectivity index (χ2v) is 6.45. The van der Waals surface area contributed by atoms with Gasteiger partial charge in [0.25, 0.3) is 5.91 Å². The number of carbonyl (C=O) groups excluding carboxylic acids is 2. The molecule has 2 aromatic carbocycles. The summed E-state index contributed by atoms with van der Waals surface area (Å²) in [4.78, 5) is 25.0. The van der Waals surface area contributed by atoms with E-state index < -0.39 is 30.6 Å². The number of carbonyl (C=O) groups is 2. The van der Waals surface area contributed by atoms with Gasteiger partial charge in [-0.3, -0.25) is 9.59 Å². The van der Waals surface area contributed by atoms with E-state index >= 15 is 0 Å². The number of ether oxygens (including phenoxy) is 1. The van der Waals surface area contributed by atoms with Crippen LogP contribution in [0, 0.1) is 5.92 Å². The zero-order chi connectivity index (χ0) is 20.7. The van der Waals surface area contributed by atoms with Crippen molar-refractivity contribution in [2.45, 2.75) is 26.1 Å². The Morgan fingerprint density at radius 3 is 2.21 bits per heavy atom. The minimum absolute atomic E-state index is 0.0939. The Bertz CT molecular complexity index is 808. The molecule has 0 radical (unpaired) electrons. The average Bonchev–Trinajstić information content (AvgIpc) is 2.65. The molecule has 0 saturated carbocycles. The third-order valence-corrected chi connectivity index (χ3v) is 3.81. The zero-order valence-electron chi connectivity index (χ0n) is 15.4. The topological polar surface area (TPSA) is 67.4 Å². The number of anilines is 1. The molecule has 2 N–H and O–H groups in total. The monoisotopic (exact) mass is 394 g/mol. The number of benzene rings is 2. The number of hydrogen-bond acceptors (Lipinski definition) is 3. The predicted molar refractivity (Wildman–Crippen MR) is 99.2 cm³/mol. The quantitative estimate of drug-likeness (QED) is 0.745. The molecule has 0 heterocycles. The Morgan fingerprint density at radius 1 is 1.00 bits per heavy atom. The molecule has 0 aliphatic heterocycles. The fourth-order valence-electron chi connectivity index (χ4n) is 2.41. The van der Waals surface area contributed by atoms with Gasteiger partial charge in [-0.05, 0) is 30.2 Å². The van der Waals surface area contributed by atoms with E-state index in [0.717, 1.165) is 0 Å². The fraction of sp³-hybridized carbons (Fsp3) is 0.300. The van der Waals surface area contributed by atoms with Crippen LogP contribution in [0.5, 0.6) is 5.75 Å². The van der Waals surface area contributed by atoms with Gasteiger partial charge in [0, 0.05) is 5.56 Å². The van der Waals surface area contributed by atoms with E-state index in [1.165, 1.54) is 18.2 Å². The molecule has 28 heavy (non-hydrogen) atoms. The van der Waals surface area contributed by atoms with E-state index in [2.05, 4.69) is 10.6 Å². The van der Waals surface area contributed by atoms with Crippen molar-refractivity contribution >= 4 is 17.5 Å². The fourth-order valence-corrected chi connectivity index (χ4v) is 2.41.